The lowest BCUT2D eigenvalue weighted by atomic mass is 10.2. The molecule has 0 atom stereocenters. The van der Waals surface area contributed by atoms with Crippen molar-refractivity contribution < 1.29 is 9.47 Å². The number of hydrogen-bond acceptors (Lipinski definition) is 5. The van der Waals surface area contributed by atoms with Gasteiger partial charge in [0.15, 0.2) is 11.5 Å². The fourth-order valence-corrected chi connectivity index (χ4v) is 3.94. The molecule has 0 unspecified atom stereocenters. The van der Waals surface area contributed by atoms with Crippen LogP contribution in [0.4, 0.5) is 0 Å². The van der Waals surface area contributed by atoms with Crippen molar-refractivity contribution in [3.63, 3.8) is 0 Å². The molecule has 2 heterocycles. The number of halogens is 1. The van der Waals surface area contributed by atoms with E-state index in [1.807, 2.05) is 36.4 Å². The maximum absolute atomic E-state index is 5.44. The van der Waals surface area contributed by atoms with Gasteiger partial charge >= 0.3 is 0 Å². The first-order valence-corrected chi connectivity index (χ1v) is 8.50. The minimum atomic E-state index is 0.287. The summed E-state index contributed by atoms with van der Waals surface area (Å²) >= 11 is 5.28. The van der Waals surface area contributed by atoms with Crippen LogP contribution in [0.2, 0.25) is 0 Å². The molecular formula is C16H11BrN2O2S. The number of aromatic nitrogens is 2. The van der Waals surface area contributed by atoms with E-state index in [1.165, 1.54) is 0 Å². The van der Waals surface area contributed by atoms with Crippen LogP contribution in [-0.4, -0.2) is 16.8 Å². The molecular weight excluding hydrogens is 364 g/mol. The average molecular weight is 375 g/mol. The van der Waals surface area contributed by atoms with Crippen molar-refractivity contribution in [3.8, 4) is 11.5 Å². The lowest BCUT2D eigenvalue weighted by Crippen LogP contribution is -1.92. The average Bonchev–Trinajstić information content (AvgIpc) is 2.99. The fraction of sp³-hybridized carbons (Fsp3) is 0.125. The Morgan fingerprint density at radius 1 is 1.09 bits per heavy atom. The Morgan fingerprint density at radius 2 is 1.91 bits per heavy atom. The summed E-state index contributed by atoms with van der Waals surface area (Å²) in [4.78, 5) is 8.70. The van der Waals surface area contributed by atoms with E-state index < -0.39 is 0 Å². The summed E-state index contributed by atoms with van der Waals surface area (Å²) in [6.45, 7) is 0.287. The summed E-state index contributed by atoms with van der Waals surface area (Å²) in [5.74, 6) is 2.37. The molecule has 0 radical (unpaired) electrons. The van der Waals surface area contributed by atoms with Gasteiger partial charge in [-0.15, -0.1) is 11.8 Å². The topological polar surface area (TPSA) is 44.2 Å². The van der Waals surface area contributed by atoms with E-state index in [9.17, 15) is 0 Å². The Kier molecular flexibility index (Phi) is 3.63. The molecule has 0 saturated heterocycles. The Labute approximate surface area is 140 Å². The summed E-state index contributed by atoms with van der Waals surface area (Å²) in [6.07, 6.45) is 1.61. The first kappa shape index (κ1) is 13.8. The van der Waals surface area contributed by atoms with Crippen molar-refractivity contribution >= 4 is 38.6 Å². The van der Waals surface area contributed by atoms with E-state index in [0.717, 1.165) is 43.2 Å². The number of para-hydroxylation sites is 1. The summed E-state index contributed by atoms with van der Waals surface area (Å²) < 4.78 is 11.8. The second-order valence-corrected chi connectivity index (χ2v) is 6.60. The van der Waals surface area contributed by atoms with Crippen molar-refractivity contribution in [1.82, 2.24) is 9.97 Å². The van der Waals surface area contributed by atoms with Crippen LogP contribution in [0.3, 0.4) is 0 Å². The molecule has 0 saturated carbocycles. The monoisotopic (exact) mass is 374 g/mol. The Bertz CT molecular complexity index is 851. The normalized spacial score (nSPS) is 12.8. The molecule has 1 aromatic heterocycles. The van der Waals surface area contributed by atoms with Crippen LogP contribution < -0.4 is 9.47 Å². The van der Waals surface area contributed by atoms with Crippen molar-refractivity contribution in [3.05, 3.63) is 52.8 Å². The van der Waals surface area contributed by atoms with Crippen molar-refractivity contribution in [1.29, 1.82) is 0 Å². The Balaban J connectivity index is 1.62. The summed E-state index contributed by atoms with van der Waals surface area (Å²) in [7, 11) is 0. The van der Waals surface area contributed by atoms with Crippen LogP contribution in [0.1, 0.15) is 5.56 Å². The minimum absolute atomic E-state index is 0.287. The van der Waals surface area contributed by atoms with Gasteiger partial charge in [-0.1, -0.05) is 34.1 Å². The smallest absolute Gasteiger partial charge is 0.231 e. The highest BCUT2D eigenvalue weighted by Crippen LogP contribution is 2.39. The number of rotatable bonds is 3. The van der Waals surface area contributed by atoms with Gasteiger partial charge < -0.3 is 9.47 Å². The quantitative estimate of drug-likeness (QED) is 0.501. The molecule has 0 fully saturated rings. The molecule has 110 valence electrons. The third kappa shape index (κ3) is 2.53. The predicted molar refractivity (Wildman–Crippen MR) is 89.4 cm³/mol. The fourth-order valence-electron chi connectivity index (χ4n) is 2.31. The molecule has 22 heavy (non-hydrogen) atoms. The summed E-state index contributed by atoms with van der Waals surface area (Å²) in [6, 6.07) is 12.0. The highest BCUT2D eigenvalue weighted by molar-refractivity contribution is 9.10. The highest BCUT2D eigenvalue weighted by Gasteiger charge is 2.16. The molecule has 1 aliphatic heterocycles. The summed E-state index contributed by atoms with van der Waals surface area (Å²) in [5, 5.41) is 2.06. The number of thioether (sulfide) groups is 1. The number of benzene rings is 2. The zero-order chi connectivity index (χ0) is 14.9. The predicted octanol–water partition coefficient (Wildman–Crippen LogP) is 4.41. The third-order valence-electron chi connectivity index (χ3n) is 3.41. The number of nitrogens with zero attached hydrogens (tertiary/aromatic N) is 2. The Hall–Kier alpha value is -1.79. The molecule has 0 aliphatic carbocycles. The first-order valence-electron chi connectivity index (χ1n) is 6.72. The van der Waals surface area contributed by atoms with Gasteiger partial charge in [0.2, 0.25) is 6.79 Å². The van der Waals surface area contributed by atoms with Crippen LogP contribution in [-0.2, 0) is 5.75 Å². The van der Waals surface area contributed by atoms with Gasteiger partial charge in [-0.2, -0.15) is 0 Å². The third-order valence-corrected chi connectivity index (χ3v) is 5.20. The standard InChI is InChI=1S/C16H11BrN2O2S/c17-12-6-15-14(20-9-21-15)5-10(12)7-22-16-11-3-1-2-4-13(11)18-8-19-16/h1-6,8H,7,9H2. The van der Waals surface area contributed by atoms with Gasteiger partial charge in [0.25, 0.3) is 0 Å². The van der Waals surface area contributed by atoms with E-state index in [1.54, 1.807) is 18.1 Å². The molecule has 0 spiro atoms. The van der Waals surface area contributed by atoms with E-state index in [0.29, 0.717) is 0 Å². The van der Waals surface area contributed by atoms with Crippen molar-refractivity contribution in [2.45, 2.75) is 10.8 Å². The van der Waals surface area contributed by atoms with E-state index >= 15 is 0 Å². The van der Waals surface area contributed by atoms with Crippen LogP contribution in [0.15, 0.2) is 52.2 Å². The molecule has 3 aromatic rings. The lowest BCUT2D eigenvalue weighted by Gasteiger charge is -2.07. The van der Waals surface area contributed by atoms with Gasteiger partial charge in [0, 0.05) is 15.6 Å². The van der Waals surface area contributed by atoms with Crippen LogP contribution in [0.25, 0.3) is 10.9 Å². The number of ether oxygens (including phenoxy) is 2. The summed E-state index contributed by atoms with van der Waals surface area (Å²) in [5.41, 5.74) is 2.11. The molecule has 4 rings (SSSR count). The van der Waals surface area contributed by atoms with Gasteiger partial charge in [0.1, 0.15) is 11.4 Å². The zero-order valence-corrected chi connectivity index (χ0v) is 13.9. The van der Waals surface area contributed by atoms with Gasteiger partial charge in [-0.3, -0.25) is 0 Å². The number of fused-ring (bicyclic) bond motifs is 2. The second kappa shape index (κ2) is 5.78. The molecule has 0 bridgehead atoms. The molecule has 4 nitrogen and oxygen atoms in total. The molecule has 2 aromatic carbocycles. The zero-order valence-electron chi connectivity index (χ0n) is 11.5. The van der Waals surface area contributed by atoms with Gasteiger partial charge in [-0.05, 0) is 23.8 Å². The van der Waals surface area contributed by atoms with E-state index in [2.05, 4.69) is 25.9 Å². The molecule has 0 amide bonds. The van der Waals surface area contributed by atoms with Crippen LogP contribution in [0, 0.1) is 0 Å². The van der Waals surface area contributed by atoms with Crippen LogP contribution in [0.5, 0.6) is 11.5 Å². The van der Waals surface area contributed by atoms with E-state index in [4.69, 9.17) is 9.47 Å². The van der Waals surface area contributed by atoms with E-state index in [-0.39, 0.29) is 6.79 Å². The maximum Gasteiger partial charge on any atom is 0.231 e. The van der Waals surface area contributed by atoms with Gasteiger partial charge in [-0.25, -0.2) is 9.97 Å². The second-order valence-electron chi connectivity index (χ2n) is 4.78. The molecule has 0 N–H and O–H groups in total. The SMILES string of the molecule is Brc1cc2c(cc1CSc1ncnc3ccccc13)OCO2. The molecule has 6 heteroatoms. The van der Waals surface area contributed by atoms with Crippen molar-refractivity contribution in [2.75, 3.05) is 6.79 Å². The Morgan fingerprint density at radius 3 is 2.82 bits per heavy atom. The minimum Gasteiger partial charge on any atom is -0.454 e. The van der Waals surface area contributed by atoms with Crippen molar-refractivity contribution in [2.24, 2.45) is 0 Å². The maximum atomic E-state index is 5.44. The van der Waals surface area contributed by atoms with Gasteiger partial charge in [0.05, 0.1) is 5.52 Å². The lowest BCUT2D eigenvalue weighted by molar-refractivity contribution is 0.174. The highest BCUT2D eigenvalue weighted by atomic mass is 79.9. The molecule has 1 aliphatic rings. The number of hydrogen-bond donors (Lipinski definition) is 0. The largest absolute Gasteiger partial charge is 0.454 e. The van der Waals surface area contributed by atoms with Crippen LogP contribution >= 0.6 is 27.7 Å². The first-order chi connectivity index (χ1) is 10.8.